The van der Waals surface area contributed by atoms with Crippen LogP contribution in [0.4, 0.5) is 11.4 Å². The number of rotatable bonds is 6. The summed E-state index contributed by atoms with van der Waals surface area (Å²) >= 11 is 0. The number of hydrazone groups is 1. The standard InChI is InChI=1S/C19H14N4O5/c24-18(22-20-12-13-6-8-16(9-7-13)23(26)27)14-3-1-4-15(11-14)21-19(25)17-5-2-10-28-17/h1-12H,(H,21,25)(H,22,24)/b20-12-. The number of nitrogens with zero attached hydrogens (tertiary/aromatic N) is 2. The Hall–Kier alpha value is -4.27. The van der Waals surface area contributed by atoms with Crippen LogP contribution in [-0.4, -0.2) is 23.0 Å². The molecule has 0 saturated carbocycles. The van der Waals surface area contributed by atoms with Gasteiger partial charge in [-0.2, -0.15) is 5.10 Å². The van der Waals surface area contributed by atoms with Gasteiger partial charge in [0.05, 0.1) is 17.4 Å². The van der Waals surface area contributed by atoms with Crippen LogP contribution in [0.3, 0.4) is 0 Å². The van der Waals surface area contributed by atoms with Crippen molar-refractivity contribution in [1.29, 1.82) is 0 Å². The molecule has 0 aliphatic heterocycles. The van der Waals surface area contributed by atoms with Gasteiger partial charge >= 0.3 is 0 Å². The molecule has 2 N–H and O–H groups in total. The molecule has 0 spiro atoms. The molecule has 3 aromatic rings. The fraction of sp³-hybridized carbons (Fsp3) is 0. The Bertz CT molecular complexity index is 1030. The second kappa shape index (κ2) is 8.41. The van der Waals surface area contributed by atoms with E-state index in [0.717, 1.165) is 0 Å². The van der Waals surface area contributed by atoms with Gasteiger partial charge in [-0.25, -0.2) is 5.43 Å². The Labute approximate surface area is 158 Å². The zero-order chi connectivity index (χ0) is 19.9. The Morgan fingerprint density at radius 3 is 2.50 bits per heavy atom. The van der Waals surface area contributed by atoms with Crippen LogP contribution >= 0.6 is 0 Å². The van der Waals surface area contributed by atoms with Gasteiger partial charge < -0.3 is 9.73 Å². The molecule has 0 aliphatic rings. The van der Waals surface area contributed by atoms with Gasteiger partial charge in [0.25, 0.3) is 17.5 Å². The summed E-state index contributed by atoms with van der Waals surface area (Å²) in [6.07, 6.45) is 2.76. The molecule has 140 valence electrons. The average Bonchev–Trinajstić information content (AvgIpc) is 3.23. The van der Waals surface area contributed by atoms with Crippen LogP contribution in [0, 0.1) is 10.1 Å². The maximum Gasteiger partial charge on any atom is 0.291 e. The minimum Gasteiger partial charge on any atom is -0.459 e. The van der Waals surface area contributed by atoms with Crippen LogP contribution in [-0.2, 0) is 0 Å². The number of amides is 2. The van der Waals surface area contributed by atoms with Crippen molar-refractivity contribution in [2.45, 2.75) is 0 Å². The molecule has 0 aliphatic carbocycles. The van der Waals surface area contributed by atoms with E-state index in [-0.39, 0.29) is 17.0 Å². The molecule has 0 saturated heterocycles. The number of nitrogens with one attached hydrogen (secondary N) is 2. The number of nitro groups is 1. The normalized spacial score (nSPS) is 10.6. The Morgan fingerprint density at radius 2 is 1.82 bits per heavy atom. The summed E-state index contributed by atoms with van der Waals surface area (Å²) in [5, 5.41) is 17.1. The van der Waals surface area contributed by atoms with E-state index >= 15 is 0 Å². The van der Waals surface area contributed by atoms with Crippen molar-refractivity contribution in [3.63, 3.8) is 0 Å². The molecule has 0 atom stereocenters. The highest BCUT2D eigenvalue weighted by Crippen LogP contribution is 2.13. The summed E-state index contributed by atoms with van der Waals surface area (Å²) < 4.78 is 5.01. The molecule has 9 heteroatoms. The highest BCUT2D eigenvalue weighted by atomic mass is 16.6. The summed E-state index contributed by atoms with van der Waals surface area (Å²) in [5.74, 6) is -0.756. The summed E-state index contributed by atoms with van der Waals surface area (Å²) in [6.45, 7) is 0. The lowest BCUT2D eigenvalue weighted by Crippen LogP contribution is -2.18. The van der Waals surface area contributed by atoms with Crippen molar-refractivity contribution in [2.75, 3.05) is 5.32 Å². The summed E-state index contributed by atoms with van der Waals surface area (Å²) in [7, 11) is 0. The van der Waals surface area contributed by atoms with Gasteiger partial charge in [0.15, 0.2) is 5.76 Å². The molecule has 0 unspecified atom stereocenters. The van der Waals surface area contributed by atoms with Crippen LogP contribution in [0.25, 0.3) is 0 Å². The number of anilines is 1. The summed E-state index contributed by atoms with van der Waals surface area (Å²) in [5.41, 5.74) is 3.63. The van der Waals surface area contributed by atoms with Gasteiger partial charge in [-0.3, -0.25) is 19.7 Å². The number of hydrogen-bond donors (Lipinski definition) is 2. The molecule has 0 radical (unpaired) electrons. The molecular formula is C19H14N4O5. The molecule has 3 rings (SSSR count). The maximum atomic E-state index is 12.2. The lowest BCUT2D eigenvalue weighted by Gasteiger charge is -2.05. The van der Waals surface area contributed by atoms with Crippen LogP contribution in [0.15, 0.2) is 76.4 Å². The van der Waals surface area contributed by atoms with Crippen molar-refractivity contribution in [2.24, 2.45) is 5.10 Å². The highest BCUT2D eigenvalue weighted by molar-refractivity contribution is 6.03. The van der Waals surface area contributed by atoms with E-state index < -0.39 is 16.7 Å². The number of furan rings is 1. The number of non-ortho nitro benzene ring substituents is 1. The minimum absolute atomic E-state index is 0.0328. The smallest absolute Gasteiger partial charge is 0.291 e. The molecule has 0 fully saturated rings. The van der Waals surface area contributed by atoms with Crippen molar-refractivity contribution >= 4 is 29.4 Å². The lowest BCUT2D eigenvalue weighted by atomic mass is 10.2. The van der Waals surface area contributed by atoms with Crippen LogP contribution in [0.1, 0.15) is 26.5 Å². The molecule has 28 heavy (non-hydrogen) atoms. The van der Waals surface area contributed by atoms with E-state index in [2.05, 4.69) is 15.8 Å². The third kappa shape index (κ3) is 4.67. The highest BCUT2D eigenvalue weighted by Gasteiger charge is 2.10. The first-order valence-corrected chi connectivity index (χ1v) is 8.06. The second-order valence-corrected chi connectivity index (χ2v) is 5.56. The van der Waals surface area contributed by atoms with E-state index in [1.54, 1.807) is 24.3 Å². The topological polar surface area (TPSA) is 127 Å². The quantitative estimate of drug-likeness (QED) is 0.387. The molecule has 2 amide bonds. The third-order valence-electron chi connectivity index (χ3n) is 3.61. The first kappa shape index (κ1) is 18.5. The summed E-state index contributed by atoms with van der Waals surface area (Å²) in [4.78, 5) is 34.3. The molecular weight excluding hydrogens is 364 g/mol. The van der Waals surface area contributed by atoms with Crippen molar-refractivity contribution in [1.82, 2.24) is 5.43 Å². The van der Waals surface area contributed by atoms with Crippen molar-refractivity contribution in [3.05, 3.63) is 93.9 Å². The van der Waals surface area contributed by atoms with Crippen LogP contribution in [0.2, 0.25) is 0 Å². The number of hydrogen-bond acceptors (Lipinski definition) is 6. The average molecular weight is 378 g/mol. The fourth-order valence-corrected chi connectivity index (χ4v) is 2.25. The number of nitro benzene ring substituents is 1. The van der Waals surface area contributed by atoms with Crippen LogP contribution in [0.5, 0.6) is 0 Å². The zero-order valence-corrected chi connectivity index (χ0v) is 14.4. The Morgan fingerprint density at radius 1 is 1.04 bits per heavy atom. The second-order valence-electron chi connectivity index (χ2n) is 5.56. The Kier molecular flexibility index (Phi) is 5.56. The lowest BCUT2D eigenvalue weighted by molar-refractivity contribution is -0.384. The van der Waals surface area contributed by atoms with E-state index in [1.807, 2.05) is 0 Å². The third-order valence-corrected chi connectivity index (χ3v) is 3.61. The van der Waals surface area contributed by atoms with Crippen LogP contribution < -0.4 is 10.7 Å². The molecule has 0 bridgehead atoms. The first-order valence-electron chi connectivity index (χ1n) is 8.06. The fourth-order valence-electron chi connectivity index (χ4n) is 2.25. The van der Waals surface area contributed by atoms with E-state index in [9.17, 15) is 19.7 Å². The molecule has 1 heterocycles. The predicted molar refractivity (Wildman–Crippen MR) is 101 cm³/mol. The molecule has 1 aromatic heterocycles. The van der Waals surface area contributed by atoms with Gasteiger partial charge in [0.2, 0.25) is 0 Å². The number of benzene rings is 2. The van der Waals surface area contributed by atoms with E-state index in [1.165, 1.54) is 48.9 Å². The van der Waals surface area contributed by atoms with Gasteiger partial charge in [0.1, 0.15) is 0 Å². The largest absolute Gasteiger partial charge is 0.459 e. The van der Waals surface area contributed by atoms with E-state index in [4.69, 9.17) is 4.42 Å². The number of carbonyl (C=O) groups excluding carboxylic acids is 2. The zero-order valence-electron chi connectivity index (χ0n) is 14.4. The van der Waals surface area contributed by atoms with Gasteiger partial charge in [-0.05, 0) is 48.0 Å². The minimum atomic E-state index is -0.500. The van der Waals surface area contributed by atoms with Gasteiger partial charge in [0, 0.05) is 23.4 Å². The van der Waals surface area contributed by atoms with Crippen molar-refractivity contribution in [3.8, 4) is 0 Å². The van der Waals surface area contributed by atoms with Gasteiger partial charge in [-0.15, -0.1) is 0 Å². The Balaban J connectivity index is 1.61. The molecule has 9 nitrogen and oxygen atoms in total. The SMILES string of the molecule is O=C(N/N=C\c1ccc([N+](=O)[O-])cc1)c1cccc(NC(=O)c2ccco2)c1. The van der Waals surface area contributed by atoms with E-state index in [0.29, 0.717) is 11.3 Å². The van der Waals surface area contributed by atoms with Gasteiger partial charge in [-0.1, -0.05) is 6.07 Å². The number of carbonyl (C=O) groups is 2. The van der Waals surface area contributed by atoms with Crippen molar-refractivity contribution < 1.29 is 18.9 Å². The monoisotopic (exact) mass is 378 g/mol. The first-order chi connectivity index (χ1) is 13.5. The predicted octanol–water partition coefficient (Wildman–Crippen LogP) is 3.20. The molecule has 2 aromatic carbocycles. The maximum absolute atomic E-state index is 12.2. The summed E-state index contributed by atoms with van der Waals surface area (Å²) in [6, 6.07) is 15.2.